The van der Waals surface area contributed by atoms with E-state index in [0.717, 1.165) is 6.08 Å². The van der Waals surface area contributed by atoms with Gasteiger partial charge in [-0.3, -0.25) is 0 Å². The van der Waals surface area contributed by atoms with Crippen LogP contribution in [-0.4, -0.2) is 22.9 Å². The zero-order valence-electron chi connectivity index (χ0n) is 11.8. The van der Waals surface area contributed by atoms with E-state index in [1.54, 1.807) is 19.1 Å². The normalized spacial score (nSPS) is 21.6. The second kappa shape index (κ2) is 4.79. The number of aryl methyl sites for hydroxylation is 1. The summed E-state index contributed by atoms with van der Waals surface area (Å²) in [6.45, 7) is 4.28. The Labute approximate surface area is 120 Å². The van der Waals surface area contributed by atoms with Crippen LogP contribution >= 0.6 is 0 Å². The first-order valence-electron chi connectivity index (χ1n) is 6.42. The maximum absolute atomic E-state index is 13.6. The van der Waals surface area contributed by atoms with Crippen LogP contribution in [0, 0.1) is 12.8 Å². The number of alkyl halides is 3. The van der Waals surface area contributed by atoms with Crippen molar-refractivity contribution in [2.45, 2.75) is 32.5 Å². The molecule has 0 saturated carbocycles. The van der Waals surface area contributed by atoms with Gasteiger partial charge >= 0.3 is 12.1 Å². The molecule has 1 aromatic rings. The van der Waals surface area contributed by atoms with Crippen LogP contribution in [0.3, 0.4) is 0 Å². The molecular weight excluding hydrogens is 285 g/mol. The van der Waals surface area contributed by atoms with Crippen molar-refractivity contribution in [2.75, 3.05) is 0 Å². The van der Waals surface area contributed by atoms with Crippen molar-refractivity contribution in [1.82, 2.24) is 0 Å². The fourth-order valence-electron chi connectivity index (χ4n) is 2.60. The van der Waals surface area contributed by atoms with E-state index >= 15 is 0 Å². The molecule has 1 aliphatic heterocycles. The van der Waals surface area contributed by atoms with Crippen LogP contribution in [0.5, 0.6) is 5.75 Å². The number of carbonyl (C=O) groups is 1. The van der Waals surface area contributed by atoms with E-state index < -0.39 is 29.2 Å². The lowest BCUT2D eigenvalue weighted by Crippen LogP contribution is -2.58. The van der Waals surface area contributed by atoms with E-state index in [-0.39, 0.29) is 5.75 Å². The fraction of sp³-hybridized carbons (Fsp3) is 0.400. The number of hydrogen-bond acceptors (Lipinski definition) is 2. The Morgan fingerprint density at radius 1 is 1.33 bits per heavy atom. The maximum Gasteiger partial charge on any atom is 0.433 e. The molecule has 0 bridgehead atoms. The number of fused-ring (bicyclic) bond motifs is 1. The highest BCUT2D eigenvalue weighted by atomic mass is 19.4. The molecule has 21 heavy (non-hydrogen) atoms. The zero-order chi connectivity index (χ0) is 16.0. The van der Waals surface area contributed by atoms with Crippen LogP contribution in [0.15, 0.2) is 23.8 Å². The SMILES string of the molecule is Cc1cccc2c1C=C(C(=O)O)C(C(C)C)(C(F)(F)F)O2. The molecule has 114 valence electrons. The monoisotopic (exact) mass is 300 g/mol. The number of carboxylic acids is 1. The Morgan fingerprint density at radius 2 is 1.95 bits per heavy atom. The summed E-state index contributed by atoms with van der Waals surface area (Å²) < 4.78 is 46.1. The Balaban J connectivity index is 2.78. The molecule has 0 spiro atoms. The first kappa shape index (κ1) is 15.4. The van der Waals surface area contributed by atoms with E-state index in [9.17, 15) is 23.1 Å². The fourth-order valence-corrected chi connectivity index (χ4v) is 2.60. The summed E-state index contributed by atoms with van der Waals surface area (Å²) in [5.41, 5.74) is -2.60. The highest BCUT2D eigenvalue weighted by Gasteiger charge is 2.64. The molecular formula is C15H15F3O3. The minimum absolute atomic E-state index is 0.0472. The van der Waals surface area contributed by atoms with Gasteiger partial charge < -0.3 is 9.84 Å². The standard InChI is InChI=1S/C15H15F3O3/c1-8(2)14(15(16,17)18)11(13(19)20)7-10-9(3)5-4-6-12(10)21-14/h4-8H,1-3H3,(H,19,20). The molecule has 6 heteroatoms. The molecule has 0 aromatic heterocycles. The number of hydrogen-bond donors (Lipinski definition) is 1. The summed E-state index contributed by atoms with van der Waals surface area (Å²) in [4.78, 5) is 11.4. The number of aliphatic carboxylic acids is 1. The Hall–Kier alpha value is -1.98. The molecule has 0 amide bonds. The van der Waals surface area contributed by atoms with Gasteiger partial charge in [-0.15, -0.1) is 0 Å². The molecule has 2 rings (SSSR count). The van der Waals surface area contributed by atoms with Crippen molar-refractivity contribution in [2.24, 2.45) is 5.92 Å². The molecule has 0 fully saturated rings. The highest BCUT2D eigenvalue weighted by molar-refractivity contribution is 5.96. The predicted molar refractivity (Wildman–Crippen MR) is 71.0 cm³/mol. The summed E-state index contributed by atoms with van der Waals surface area (Å²) in [5.74, 6) is -2.67. The van der Waals surface area contributed by atoms with Gasteiger partial charge in [0.25, 0.3) is 0 Å². The summed E-state index contributed by atoms with van der Waals surface area (Å²) >= 11 is 0. The van der Waals surface area contributed by atoms with E-state index in [4.69, 9.17) is 4.74 Å². The summed E-state index contributed by atoms with van der Waals surface area (Å²) in [6, 6.07) is 4.68. The Bertz CT molecular complexity index is 617. The van der Waals surface area contributed by atoms with Crippen LogP contribution < -0.4 is 4.74 Å². The van der Waals surface area contributed by atoms with Crippen molar-refractivity contribution in [3.63, 3.8) is 0 Å². The van der Waals surface area contributed by atoms with Gasteiger partial charge in [0, 0.05) is 11.5 Å². The third kappa shape index (κ3) is 2.18. The second-order valence-corrected chi connectivity index (χ2v) is 5.34. The number of carboxylic acid groups (broad SMARTS) is 1. The van der Waals surface area contributed by atoms with E-state index in [1.807, 2.05) is 0 Å². The van der Waals surface area contributed by atoms with Crippen molar-refractivity contribution >= 4 is 12.0 Å². The lowest BCUT2D eigenvalue weighted by atomic mass is 9.79. The van der Waals surface area contributed by atoms with Crippen molar-refractivity contribution < 1.29 is 27.8 Å². The van der Waals surface area contributed by atoms with E-state index in [2.05, 4.69) is 0 Å². The third-order valence-corrected chi connectivity index (χ3v) is 3.71. The molecule has 1 atom stereocenters. The predicted octanol–water partition coefficient (Wildman–Crippen LogP) is 3.81. The first-order chi connectivity index (χ1) is 9.61. The van der Waals surface area contributed by atoms with Gasteiger partial charge in [0.2, 0.25) is 5.60 Å². The van der Waals surface area contributed by atoms with Crippen molar-refractivity contribution in [3.05, 3.63) is 34.9 Å². The number of halogens is 3. The van der Waals surface area contributed by atoms with Crippen LogP contribution in [0.25, 0.3) is 6.08 Å². The molecule has 0 aliphatic carbocycles. The molecule has 1 aliphatic rings. The van der Waals surface area contributed by atoms with Crippen LogP contribution in [0.2, 0.25) is 0 Å². The first-order valence-corrected chi connectivity index (χ1v) is 6.42. The third-order valence-electron chi connectivity index (χ3n) is 3.71. The average Bonchev–Trinajstić information content (AvgIpc) is 2.35. The molecule has 1 heterocycles. The van der Waals surface area contributed by atoms with Gasteiger partial charge in [-0.1, -0.05) is 26.0 Å². The largest absolute Gasteiger partial charge is 0.478 e. The number of benzene rings is 1. The second-order valence-electron chi connectivity index (χ2n) is 5.34. The molecule has 1 aromatic carbocycles. The Kier molecular flexibility index (Phi) is 3.51. The quantitative estimate of drug-likeness (QED) is 0.903. The van der Waals surface area contributed by atoms with E-state index in [1.165, 1.54) is 19.9 Å². The van der Waals surface area contributed by atoms with Gasteiger partial charge in [0.1, 0.15) is 5.75 Å². The highest BCUT2D eigenvalue weighted by Crippen LogP contribution is 2.49. The van der Waals surface area contributed by atoms with Gasteiger partial charge in [0.05, 0.1) is 5.57 Å². The van der Waals surface area contributed by atoms with Gasteiger partial charge in [-0.25, -0.2) is 4.79 Å². The number of rotatable bonds is 2. The van der Waals surface area contributed by atoms with Gasteiger partial charge in [0.15, 0.2) is 0 Å². The number of ether oxygens (including phenoxy) is 1. The molecule has 1 unspecified atom stereocenters. The van der Waals surface area contributed by atoms with Gasteiger partial charge in [-0.2, -0.15) is 13.2 Å². The smallest absolute Gasteiger partial charge is 0.433 e. The van der Waals surface area contributed by atoms with Crippen molar-refractivity contribution in [3.8, 4) is 5.75 Å². The summed E-state index contributed by atoms with van der Waals surface area (Å²) in [5, 5.41) is 9.25. The zero-order valence-corrected chi connectivity index (χ0v) is 11.8. The average molecular weight is 300 g/mol. The minimum atomic E-state index is -4.84. The minimum Gasteiger partial charge on any atom is -0.478 e. The Morgan fingerprint density at radius 3 is 2.43 bits per heavy atom. The molecule has 1 N–H and O–H groups in total. The molecule has 3 nitrogen and oxygen atoms in total. The summed E-state index contributed by atoms with van der Waals surface area (Å²) in [7, 11) is 0. The van der Waals surface area contributed by atoms with Crippen LogP contribution in [0.4, 0.5) is 13.2 Å². The summed E-state index contributed by atoms with van der Waals surface area (Å²) in [6.07, 6.45) is -3.77. The molecule has 0 radical (unpaired) electrons. The molecule has 0 saturated heterocycles. The van der Waals surface area contributed by atoms with E-state index in [0.29, 0.717) is 11.1 Å². The van der Waals surface area contributed by atoms with Crippen LogP contribution in [0.1, 0.15) is 25.0 Å². The van der Waals surface area contributed by atoms with Gasteiger partial charge in [-0.05, 0) is 24.6 Å². The van der Waals surface area contributed by atoms with Crippen molar-refractivity contribution in [1.29, 1.82) is 0 Å². The van der Waals surface area contributed by atoms with Crippen LogP contribution in [-0.2, 0) is 4.79 Å². The lowest BCUT2D eigenvalue weighted by molar-refractivity contribution is -0.249. The maximum atomic E-state index is 13.6. The lowest BCUT2D eigenvalue weighted by Gasteiger charge is -2.42. The topological polar surface area (TPSA) is 46.5 Å².